The van der Waals surface area contributed by atoms with Crippen LogP contribution in [0.4, 0.5) is 4.39 Å². The highest BCUT2D eigenvalue weighted by Gasteiger charge is 2.20. The molecule has 1 aromatic rings. The zero-order chi connectivity index (χ0) is 15.8. The van der Waals surface area contributed by atoms with Crippen molar-refractivity contribution in [2.24, 2.45) is 0 Å². The van der Waals surface area contributed by atoms with Gasteiger partial charge >= 0.3 is 0 Å². The minimum atomic E-state index is -0.622. The minimum absolute atomic E-state index is 0.0472. The van der Waals surface area contributed by atoms with Crippen molar-refractivity contribution < 1.29 is 14.3 Å². The number of hydrogen-bond donors (Lipinski definition) is 1. The lowest BCUT2D eigenvalue weighted by molar-refractivity contribution is 0.0741. The molecule has 0 aliphatic rings. The monoisotopic (exact) mass is 288 g/mol. The van der Waals surface area contributed by atoms with Crippen LogP contribution in [-0.4, -0.2) is 35.6 Å². The SMILES string of the molecule is CC(CC#N)N(C)C(=O)c1cc(C#CCCO)ccc1F. The van der Waals surface area contributed by atoms with E-state index in [-0.39, 0.29) is 24.6 Å². The molecular formula is C16H17FN2O2. The van der Waals surface area contributed by atoms with Crippen molar-refractivity contribution in [3.63, 3.8) is 0 Å². The van der Waals surface area contributed by atoms with Crippen molar-refractivity contribution in [2.45, 2.75) is 25.8 Å². The van der Waals surface area contributed by atoms with Crippen LogP contribution in [0.25, 0.3) is 0 Å². The van der Waals surface area contributed by atoms with E-state index in [1.165, 1.54) is 30.1 Å². The average Bonchev–Trinajstić information content (AvgIpc) is 2.48. The van der Waals surface area contributed by atoms with Crippen LogP contribution in [0.1, 0.15) is 35.7 Å². The van der Waals surface area contributed by atoms with E-state index >= 15 is 0 Å². The molecule has 1 N–H and O–H groups in total. The van der Waals surface area contributed by atoms with Crippen LogP contribution in [0.3, 0.4) is 0 Å². The Morgan fingerprint density at radius 2 is 2.24 bits per heavy atom. The second-order valence-electron chi connectivity index (χ2n) is 4.60. The fourth-order valence-electron chi connectivity index (χ4n) is 1.65. The summed E-state index contributed by atoms with van der Waals surface area (Å²) in [6.07, 6.45) is 0.500. The summed E-state index contributed by atoms with van der Waals surface area (Å²) in [5.41, 5.74) is 0.438. The molecule has 0 saturated heterocycles. The smallest absolute Gasteiger partial charge is 0.256 e. The van der Waals surface area contributed by atoms with Crippen LogP contribution in [-0.2, 0) is 0 Å². The first kappa shape index (κ1) is 16.7. The first-order chi connectivity index (χ1) is 10.0. The Morgan fingerprint density at radius 3 is 2.86 bits per heavy atom. The summed E-state index contributed by atoms with van der Waals surface area (Å²) in [4.78, 5) is 13.6. The Bertz CT molecular complexity index is 611. The van der Waals surface area contributed by atoms with E-state index in [0.717, 1.165) is 0 Å². The molecular weight excluding hydrogens is 271 g/mol. The molecule has 1 amide bonds. The van der Waals surface area contributed by atoms with Gasteiger partial charge in [-0.3, -0.25) is 4.79 Å². The van der Waals surface area contributed by atoms with Crippen LogP contribution in [0.15, 0.2) is 18.2 Å². The van der Waals surface area contributed by atoms with Gasteiger partial charge in [-0.15, -0.1) is 0 Å². The van der Waals surface area contributed by atoms with E-state index in [2.05, 4.69) is 11.8 Å². The Morgan fingerprint density at radius 1 is 1.52 bits per heavy atom. The van der Waals surface area contributed by atoms with Gasteiger partial charge in [0.2, 0.25) is 0 Å². The van der Waals surface area contributed by atoms with Crippen molar-refractivity contribution >= 4 is 5.91 Å². The van der Waals surface area contributed by atoms with E-state index in [9.17, 15) is 9.18 Å². The van der Waals surface area contributed by atoms with Crippen LogP contribution >= 0.6 is 0 Å². The number of rotatable bonds is 4. The Hall–Kier alpha value is -2.37. The van der Waals surface area contributed by atoms with Crippen LogP contribution in [0.5, 0.6) is 0 Å². The zero-order valence-electron chi connectivity index (χ0n) is 12.1. The maximum absolute atomic E-state index is 13.8. The number of carbonyl (C=O) groups is 1. The lowest BCUT2D eigenvalue weighted by atomic mass is 10.1. The Balaban J connectivity index is 3.02. The molecule has 110 valence electrons. The minimum Gasteiger partial charge on any atom is -0.395 e. The Kier molecular flexibility index (Phi) is 6.39. The number of amides is 1. The molecule has 1 aromatic carbocycles. The van der Waals surface area contributed by atoms with Gasteiger partial charge in [-0.25, -0.2) is 4.39 Å². The van der Waals surface area contributed by atoms with E-state index < -0.39 is 11.7 Å². The van der Waals surface area contributed by atoms with E-state index in [1.54, 1.807) is 6.92 Å². The van der Waals surface area contributed by atoms with Gasteiger partial charge in [-0.1, -0.05) is 11.8 Å². The third-order valence-corrected chi connectivity index (χ3v) is 3.03. The molecule has 0 aromatic heterocycles. The molecule has 0 fully saturated rings. The fraction of sp³-hybridized carbons (Fsp3) is 0.375. The van der Waals surface area contributed by atoms with Crippen molar-refractivity contribution in [1.82, 2.24) is 4.90 Å². The largest absolute Gasteiger partial charge is 0.395 e. The van der Waals surface area contributed by atoms with Gasteiger partial charge in [0.1, 0.15) is 5.82 Å². The molecule has 1 atom stereocenters. The molecule has 0 heterocycles. The molecule has 0 spiro atoms. The second-order valence-corrected chi connectivity index (χ2v) is 4.60. The molecule has 0 radical (unpaired) electrons. The molecule has 5 heteroatoms. The first-order valence-corrected chi connectivity index (χ1v) is 6.54. The summed E-state index contributed by atoms with van der Waals surface area (Å²) in [5, 5.41) is 17.3. The maximum atomic E-state index is 13.8. The third kappa shape index (κ3) is 4.59. The second kappa shape index (κ2) is 8.04. The molecule has 1 unspecified atom stereocenters. The highest BCUT2D eigenvalue weighted by Crippen LogP contribution is 2.14. The third-order valence-electron chi connectivity index (χ3n) is 3.03. The topological polar surface area (TPSA) is 64.3 Å². The van der Waals surface area contributed by atoms with Crippen LogP contribution in [0.2, 0.25) is 0 Å². The number of benzene rings is 1. The molecule has 21 heavy (non-hydrogen) atoms. The maximum Gasteiger partial charge on any atom is 0.256 e. The molecule has 0 bridgehead atoms. The number of hydrogen-bond acceptors (Lipinski definition) is 3. The summed E-state index contributed by atoms with van der Waals surface area (Å²) in [5.74, 6) is 4.37. The number of carbonyl (C=O) groups excluding carboxylic acids is 1. The van der Waals surface area contributed by atoms with Gasteiger partial charge in [-0.05, 0) is 25.1 Å². The van der Waals surface area contributed by atoms with Gasteiger partial charge in [0.25, 0.3) is 5.91 Å². The van der Waals surface area contributed by atoms with Gasteiger partial charge < -0.3 is 10.0 Å². The van der Waals surface area contributed by atoms with Gasteiger partial charge in [0.15, 0.2) is 0 Å². The highest BCUT2D eigenvalue weighted by atomic mass is 19.1. The van der Waals surface area contributed by atoms with Crippen LogP contribution in [0, 0.1) is 29.0 Å². The first-order valence-electron chi connectivity index (χ1n) is 6.54. The number of aliphatic hydroxyl groups is 1. The molecule has 0 aliphatic heterocycles. The normalized spacial score (nSPS) is 11.0. The lowest BCUT2D eigenvalue weighted by Crippen LogP contribution is -2.35. The highest BCUT2D eigenvalue weighted by molar-refractivity contribution is 5.94. The number of aliphatic hydroxyl groups excluding tert-OH is 1. The van der Waals surface area contributed by atoms with Gasteiger partial charge in [0, 0.05) is 25.1 Å². The number of nitrogens with zero attached hydrogens (tertiary/aromatic N) is 2. The number of nitriles is 1. The van der Waals surface area contributed by atoms with Crippen molar-refractivity contribution in [3.05, 3.63) is 35.1 Å². The summed E-state index contributed by atoms with van der Waals surface area (Å²) < 4.78 is 13.8. The summed E-state index contributed by atoms with van der Waals surface area (Å²) in [7, 11) is 1.54. The quantitative estimate of drug-likeness (QED) is 0.861. The summed E-state index contributed by atoms with van der Waals surface area (Å²) in [6, 6.07) is 5.74. The van der Waals surface area contributed by atoms with E-state index in [0.29, 0.717) is 12.0 Å². The van der Waals surface area contributed by atoms with Crippen LogP contribution < -0.4 is 0 Å². The van der Waals surface area contributed by atoms with Crippen molar-refractivity contribution in [3.8, 4) is 17.9 Å². The molecule has 1 rings (SSSR count). The van der Waals surface area contributed by atoms with Crippen molar-refractivity contribution in [2.75, 3.05) is 13.7 Å². The lowest BCUT2D eigenvalue weighted by Gasteiger charge is -2.23. The average molecular weight is 288 g/mol. The molecule has 4 nitrogen and oxygen atoms in total. The van der Waals surface area contributed by atoms with Gasteiger partial charge in [-0.2, -0.15) is 5.26 Å². The van der Waals surface area contributed by atoms with Gasteiger partial charge in [0.05, 0.1) is 24.7 Å². The summed E-state index contributed by atoms with van der Waals surface area (Å²) in [6.45, 7) is 1.68. The molecule has 0 aliphatic carbocycles. The Labute approximate surface area is 123 Å². The number of halogens is 1. The standard InChI is InChI=1S/C16H17FN2O2/c1-12(8-9-18)19(2)16(21)14-11-13(5-3-4-10-20)6-7-15(14)17/h6-7,11-12,20H,4,8,10H2,1-2H3. The zero-order valence-corrected chi connectivity index (χ0v) is 12.1. The predicted molar refractivity (Wildman–Crippen MR) is 76.8 cm³/mol. The molecule has 0 saturated carbocycles. The predicted octanol–water partition coefficient (Wildman–Crippen LogP) is 1.93. The van der Waals surface area contributed by atoms with Crippen molar-refractivity contribution in [1.29, 1.82) is 5.26 Å². The van der Waals surface area contributed by atoms with E-state index in [1.807, 2.05) is 6.07 Å². The van der Waals surface area contributed by atoms with E-state index in [4.69, 9.17) is 10.4 Å². The fourth-order valence-corrected chi connectivity index (χ4v) is 1.65. The summed E-state index contributed by atoms with van der Waals surface area (Å²) >= 11 is 0.